The monoisotopic (exact) mass is 236 g/mol. The minimum atomic E-state index is 0.796. The molecule has 0 fully saturated rings. The lowest BCUT2D eigenvalue weighted by Crippen LogP contribution is -1.86. The second kappa shape index (κ2) is 4.24. The van der Waals surface area contributed by atoms with Gasteiger partial charge in [0.15, 0.2) is 4.34 Å². The molecule has 15 heavy (non-hydrogen) atoms. The number of aryl methyl sites for hydroxylation is 1. The molecule has 0 unspecified atom stereocenters. The van der Waals surface area contributed by atoms with Gasteiger partial charge in [-0.3, -0.25) is 0 Å². The van der Waals surface area contributed by atoms with E-state index < -0.39 is 0 Å². The molecule has 0 bridgehead atoms. The Balaban J connectivity index is 2.48. The third-order valence-corrected chi connectivity index (χ3v) is 3.97. The maximum Gasteiger partial charge on any atom is 0.152 e. The number of rotatable bonds is 2. The number of thiazole rings is 1. The van der Waals surface area contributed by atoms with Gasteiger partial charge < -0.3 is 5.73 Å². The number of benzene rings is 1. The summed E-state index contributed by atoms with van der Waals surface area (Å²) in [7, 11) is 0. The number of aromatic nitrogens is 1. The number of nitrogen functional groups attached to an aromatic ring is 1. The van der Waals surface area contributed by atoms with E-state index in [0.717, 1.165) is 20.6 Å². The highest BCUT2D eigenvalue weighted by molar-refractivity contribution is 8.00. The van der Waals surface area contributed by atoms with Crippen LogP contribution in [0.25, 0.3) is 11.3 Å². The minimum absolute atomic E-state index is 0.796. The van der Waals surface area contributed by atoms with Crippen LogP contribution in [-0.4, -0.2) is 11.2 Å². The van der Waals surface area contributed by atoms with Gasteiger partial charge in [-0.25, -0.2) is 4.98 Å². The highest BCUT2D eigenvalue weighted by atomic mass is 32.2. The SMILES string of the molecule is CSc1nc(-c2cccc(C)c2)c(N)s1. The van der Waals surface area contributed by atoms with Crippen molar-refractivity contribution in [2.75, 3.05) is 12.0 Å². The van der Waals surface area contributed by atoms with Gasteiger partial charge in [0.1, 0.15) is 10.7 Å². The molecule has 1 aromatic heterocycles. The summed E-state index contributed by atoms with van der Waals surface area (Å²) in [6.07, 6.45) is 2.01. The Morgan fingerprint density at radius 1 is 1.40 bits per heavy atom. The Bertz CT molecular complexity index is 477. The minimum Gasteiger partial charge on any atom is -0.389 e. The van der Waals surface area contributed by atoms with E-state index >= 15 is 0 Å². The Labute approximate surface area is 97.5 Å². The first-order chi connectivity index (χ1) is 7.20. The molecule has 0 atom stereocenters. The van der Waals surface area contributed by atoms with Crippen LogP contribution in [0.15, 0.2) is 28.6 Å². The maximum absolute atomic E-state index is 5.94. The highest BCUT2D eigenvalue weighted by Crippen LogP contribution is 2.34. The fourth-order valence-corrected chi connectivity index (χ4v) is 2.77. The maximum atomic E-state index is 5.94. The van der Waals surface area contributed by atoms with E-state index in [1.165, 1.54) is 5.56 Å². The van der Waals surface area contributed by atoms with Crippen molar-refractivity contribution in [2.24, 2.45) is 0 Å². The summed E-state index contributed by atoms with van der Waals surface area (Å²) in [5.41, 5.74) is 9.18. The van der Waals surface area contributed by atoms with E-state index in [9.17, 15) is 0 Å². The number of anilines is 1. The molecule has 0 aliphatic rings. The molecule has 0 aliphatic heterocycles. The number of hydrogen-bond acceptors (Lipinski definition) is 4. The van der Waals surface area contributed by atoms with Crippen molar-refractivity contribution in [3.05, 3.63) is 29.8 Å². The predicted octanol–water partition coefficient (Wildman–Crippen LogP) is 3.42. The summed E-state index contributed by atoms with van der Waals surface area (Å²) in [6.45, 7) is 2.07. The van der Waals surface area contributed by atoms with E-state index in [-0.39, 0.29) is 0 Å². The largest absolute Gasteiger partial charge is 0.389 e. The van der Waals surface area contributed by atoms with Gasteiger partial charge in [0.2, 0.25) is 0 Å². The van der Waals surface area contributed by atoms with Crippen molar-refractivity contribution in [3.63, 3.8) is 0 Å². The summed E-state index contributed by atoms with van der Waals surface area (Å²) in [5.74, 6) is 0. The molecule has 0 spiro atoms. The number of hydrogen-bond donors (Lipinski definition) is 1. The van der Waals surface area contributed by atoms with Crippen LogP contribution < -0.4 is 5.73 Å². The molecule has 0 aliphatic carbocycles. The zero-order valence-corrected chi connectivity index (χ0v) is 10.3. The van der Waals surface area contributed by atoms with Crippen molar-refractivity contribution in [1.29, 1.82) is 0 Å². The lowest BCUT2D eigenvalue weighted by Gasteiger charge is -1.99. The molecule has 0 radical (unpaired) electrons. The molecular formula is C11H12N2S2. The fraction of sp³-hybridized carbons (Fsp3) is 0.182. The third-order valence-electron chi connectivity index (χ3n) is 2.10. The van der Waals surface area contributed by atoms with E-state index in [2.05, 4.69) is 24.0 Å². The van der Waals surface area contributed by atoms with Crippen LogP contribution in [0.1, 0.15) is 5.56 Å². The molecule has 0 saturated carbocycles. The van der Waals surface area contributed by atoms with Gasteiger partial charge in [0.05, 0.1) is 0 Å². The zero-order valence-electron chi connectivity index (χ0n) is 8.65. The van der Waals surface area contributed by atoms with Crippen molar-refractivity contribution >= 4 is 28.1 Å². The standard InChI is InChI=1S/C11H12N2S2/c1-7-4-3-5-8(6-7)9-10(12)15-11(13-9)14-2/h3-6H,12H2,1-2H3. The topological polar surface area (TPSA) is 38.9 Å². The first-order valence-electron chi connectivity index (χ1n) is 4.58. The van der Waals surface area contributed by atoms with Crippen LogP contribution in [0.5, 0.6) is 0 Å². The molecule has 2 rings (SSSR count). The van der Waals surface area contributed by atoms with Crippen LogP contribution in [-0.2, 0) is 0 Å². The molecule has 0 saturated heterocycles. The van der Waals surface area contributed by atoms with Crippen LogP contribution in [0.4, 0.5) is 5.00 Å². The molecular weight excluding hydrogens is 224 g/mol. The lowest BCUT2D eigenvalue weighted by atomic mass is 10.1. The van der Waals surface area contributed by atoms with Crippen molar-refractivity contribution in [2.45, 2.75) is 11.3 Å². The summed E-state index contributed by atoms with van der Waals surface area (Å²) in [4.78, 5) is 4.50. The second-order valence-electron chi connectivity index (χ2n) is 3.27. The van der Waals surface area contributed by atoms with Gasteiger partial charge in [-0.05, 0) is 19.2 Å². The molecule has 2 N–H and O–H groups in total. The number of nitrogens with two attached hydrogens (primary N) is 1. The van der Waals surface area contributed by atoms with E-state index in [1.54, 1.807) is 23.1 Å². The summed E-state index contributed by atoms with van der Waals surface area (Å²) in [5, 5.41) is 0.796. The highest BCUT2D eigenvalue weighted by Gasteiger charge is 2.09. The average Bonchev–Trinajstić information content (AvgIpc) is 2.60. The molecule has 2 nitrogen and oxygen atoms in total. The Morgan fingerprint density at radius 2 is 2.20 bits per heavy atom. The number of nitrogens with zero attached hydrogens (tertiary/aromatic N) is 1. The summed E-state index contributed by atoms with van der Waals surface area (Å²) in [6, 6.07) is 8.25. The molecule has 1 aromatic carbocycles. The Morgan fingerprint density at radius 3 is 2.80 bits per heavy atom. The van der Waals surface area contributed by atoms with Gasteiger partial charge in [-0.2, -0.15) is 0 Å². The molecule has 0 amide bonds. The molecule has 4 heteroatoms. The fourth-order valence-electron chi connectivity index (χ4n) is 1.40. The normalized spacial score (nSPS) is 10.5. The van der Waals surface area contributed by atoms with Crippen LogP contribution in [0.2, 0.25) is 0 Å². The van der Waals surface area contributed by atoms with E-state index in [0.29, 0.717) is 0 Å². The average molecular weight is 236 g/mol. The Kier molecular flexibility index (Phi) is 2.98. The lowest BCUT2D eigenvalue weighted by molar-refractivity contribution is 1.25. The number of thioether (sulfide) groups is 1. The second-order valence-corrected chi connectivity index (χ2v) is 5.35. The zero-order chi connectivity index (χ0) is 10.8. The molecule has 1 heterocycles. The van der Waals surface area contributed by atoms with E-state index in [1.807, 2.05) is 18.4 Å². The summed E-state index contributed by atoms with van der Waals surface area (Å²) >= 11 is 3.17. The molecule has 78 valence electrons. The smallest absolute Gasteiger partial charge is 0.152 e. The van der Waals surface area contributed by atoms with Crippen LogP contribution in [0.3, 0.4) is 0 Å². The predicted molar refractivity (Wildman–Crippen MR) is 68.5 cm³/mol. The summed E-state index contributed by atoms with van der Waals surface area (Å²) < 4.78 is 1.02. The van der Waals surface area contributed by atoms with Gasteiger partial charge in [0.25, 0.3) is 0 Å². The van der Waals surface area contributed by atoms with Gasteiger partial charge in [-0.1, -0.05) is 46.9 Å². The van der Waals surface area contributed by atoms with Gasteiger partial charge >= 0.3 is 0 Å². The third kappa shape index (κ3) is 2.16. The van der Waals surface area contributed by atoms with Crippen LogP contribution in [0, 0.1) is 6.92 Å². The van der Waals surface area contributed by atoms with Crippen LogP contribution >= 0.6 is 23.1 Å². The van der Waals surface area contributed by atoms with Crippen molar-refractivity contribution < 1.29 is 0 Å². The first-order valence-corrected chi connectivity index (χ1v) is 6.62. The first kappa shape index (κ1) is 10.5. The Hall–Kier alpha value is -1.00. The van der Waals surface area contributed by atoms with E-state index in [4.69, 9.17) is 5.73 Å². The van der Waals surface area contributed by atoms with Crippen molar-refractivity contribution in [1.82, 2.24) is 4.98 Å². The van der Waals surface area contributed by atoms with Crippen molar-refractivity contribution in [3.8, 4) is 11.3 Å². The quantitative estimate of drug-likeness (QED) is 0.812. The van der Waals surface area contributed by atoms with Gasteiger partial charge in [0, 0.05) is 5.56 Å². The molecule has 2 aromatic rings. The van der Waals surface area contributed by atoms with Gasteiger partial charge in [-0.15, -0.1) is 0 Å².